The monoisotopic (exact) mass is 442 g/mol. The molecule has 3 heterocycles. The molecule has 2 aromatic heterocycles. The van der Waals surface area contributed by atoms with E-state index in [0.717, 1.165) is 35.4 Å². The van der Waals surface area contributed by atoms with Crippen LogP contribution in [-0.4, -0.2) is 35.3 Å². The highest BCUT2D eigenvalue weighted by atomic mass is 16.5. The summed E-state index contributed by atoms with van der Waals surface area (Å²) in [5, 5.41) is 0. The molecule has 1 amide bonds. The smallest absolute Gasteiger partial charge is 0.228 e. The number of ketones is 1. The molecule has 7 nitrogen and oxygen atoms in total. The maximum atomic E-state index is 13.2. The Hall–Kier alpha value is -3.74. The fourth-order valence-corrected chi connectivity index (χ4v) is 4.75. The van der Waals surface area contributed by atoms with E-state index in [1.165, 1.54) is 11.1 Å². The highest BCUT2D eigenvalue weighted by molar-refractivity contribution is 6.01. The van der Waals surface area contributed by atoms with Crippen LogP contribution in [-0.2, 0) is 28.9 Å². The van der Waals surface area contributed by atoms with Crippen molar-refractivity contribution in [1.29, 1.82) is 0 Å². The summed E-state index contributed by atoms with van der Waals surface area (Å²) in [6.07, 6.45) is 6.63. The average molecular weight is 443 g/mol. The highest BCUT2D eigenvalue weighted by Crippen LogP contribution is 2.32. The van der Waals surface area contributed by atoms with Crippen molar-refractivity contribution in [2.24, 2.45) is 5.92 Å². The van der Waals surface area contributed by atoms with Crippen LogP contribution in [0.5, 0.6) is 5.75 Å². The van der Waals surface area contributed by atoms with Gasteiger partial charge in [0.05, 0.1) is 19.3 Å². The van der Waals surface area contributed by atoms with Gasteiger partial charge in [-0.1, -0.05) is 6.07 Å². The van der Waals surface area contributed by atoms with E-state index in [0.29, 0.717) is 30.8 Å². The molecular weight excluding hydrogens is 416 g/mol. The van der Waals surface area contributed by atoms with Crippen molar-refractivity contribution in [2.75, 3.05) is 24.3 Å². The highest BCUT2D eigenvalue weighted by Gasteiger charge is 2.31. The van der Waals surface area contributed by atoms with Gasteiger partial charge in [0, 0.05) is 36.0 Å². The summed E-state index contributed by atoms with van der Waals surface area (Å²) in [6.45, 7) is 0.0604. The lowest BCUT2D eigenvalue weighted by atomic mass is 9.81. The van der Waals surface area contributed by atoms with Crippen LogP contribution in [0.1, 0.15) is 29.5 Å². The maximum Gasteiger partial charge on any atom is 0.228 e. The Morgan fingerprint density at radius 3 is 2.79 bits per heavy atom. The molecule has 0 radical (unpaired) electrons. The Kier molecular flexibility index (Phi) is 5.54. The van der Waals surface area contributed by atoms with E-state index in [9.17, 15) is 9.59 Å². The molecule has 0 saturated heterocycles. The molecular formula is C26H26N4O3. The van der Waals surface area contributed by atoms with Crippen molar-refractivity contribution >= 4 is 23.2 Å². The summed E-state index contributed by atoms with van der Waals surface area (Å²) in [7, 11) is 1.66. The van der Waals surface area contributed by atoms with Gasteiger partial charge in [-0.3, -0.25) is 19.5 Å². The van der Waals surface area contributed by atoms with E-state index in [2.05, 4.69) is 16.0 Å². The molecule has 1 aromatic carbocycles. The Balaban J connectivity index is 1.35. The number of rotatable bonds is 5. The molecule has 2 aliphatic rings. The molecule has 3 aromatic rings. The average Bonchev–Trinajstić information content (AvgIpc) is 2.84. The number of benzene rings is 1. The van der Waals surface area contributed by atoms with Crippen LogP contribution in [0.2, 0.25) is 0 Å². The van der Waals surface area contributed by atoms with Crippen molar-refractivity contribution in [3.05, 3.63) is 65.5 Å². The zero-order valence-corrected chi connectivity index (χ0v) is 18.6. The first-order valence-corrected chi connectivity index (χ1v) is 11.2. The number of amides is 1. The number of nitrogens with two attached hydrogens (primary N) is 1. The molecule has 0 spiro atoms. The zero-order valence-electron chi connectivity index (χ0n) is 18.6. The van der Waals surface area contributed by atoms with Crippen molar-refractivity contribution < 1.29 is 14.3 Å². The standard InChI is InChI=1S/C26H26N4O3/c1-33-22-6-4-16-10-18(3-2-17(16)12-22)24(31)15-30-25(32)7-5-19-11-20(14-29-26(19)30)23-13-21(27)8-9-28-23/h4,6,8-9,11-14,18H,2-3,5,7,10,15H2,1H3,(H2,27,28). The van der Waals surface area contributed by atoms with E-state index < -0.39 is 0 Å². The molecule has 7 heteroatoms. The second-order valence-corrected chi connectivity index (χ2v) is 8.70. The van der Waals surface area contributed by atoms with Crippen LogP contribution in [0.25, 0.3) is 11.3 Å². The van der Waals surface area contributed by atoms with Crippen molar-refractivity contribution in [1.82, 2.24) is 9.97 Å². The van der Waals surface area contributed by atoms with Gasteiger partial charge in [0.25, 0.3) is 0 Å². The SMILES string of the molecule is COc1ccc2c(c1)CCC(C(=O)CN1C(=O)CCc3cc(-c4cc(N)ccn4)cnc31)C2. The summed E-state index contributed by atoms with van der Waals surface area (Å²) >= 11 is 0. The third kappa shape index (κ3) is 4.18. The van der Waals surface area contributed by atoms with Crippen LogP contribution in [0.3, 0.4) is 0 Å². The van der Waals surface area contributed by atoms with Crippen LogP contribution in [0.15, 0.2) is 48.8 Å². The minimum Gasteiger partial charge on any atom is -0.497 e. The number of carbonyl (C=O) groups is 2. The van der Waals surface area contributed by atoms with E-state index in [-0.39, 0.29) is 24.2 Å². The number of methoxy groups -OCH3 is 1. The summed E-state index contributed by atoms with van der Waals surface area (Å²) in [4.78, 5) is 36.4. The third-order valence-electron chi connectivity index (χ3n) is 6.60. The number of aromatic nitrogens is 2. The molecule has 0 fully saturated rings. The fourth-order valence-electron chi connectivity index (χ4n) is 4.75. The third-order valence-corrected chi connectivity index (χ3v) is 6.60. The molecule has 1 aliphatic carbocycles. The predicted molar refractivity (Wildman–Crippen MR) is 126 cm³/mol. The number of nitrogens with zero attached hydrogens (tertiary/aromatic N) is 3. The summed E-state index contributed by atoms with van der Waals surface area (Å²) in [6, 6.07) is 11.6. The maximum absolute atomic E-state index is 13.2. The van der Waals surface area contributed by atoms with Gasteiger partial charge in [-0.25, -0.2) is 4.98 Å². The topological polar surface area (TPSA) is 98.4 Å². The summed E-state index contributed by atoms with van der Waals surface area (Å²) in [5.41, 5.74) is 11.5. The second kappa shape index (κ2) is 8.65. The first-order valence-electron chi connectivity index (χ1n) is 11.2. The number of ether oxygens (including phenoxy) is 1. The van der Waals surface area contributed by atoms with E-state index in [1.54, 1.807) is 36.5 Å². The van der Waals surface area contributed by atoms with Crippen LogP contribution >= 0.6 is 0 Å². The lowest BCUT2D eigenvalue weighted by Crippen LogP contribution is -2.42. The van der Waals surface area contributed by atoms with E-state index >= 15 is 0 Å². The number of hydrogen-bond acceptors (Lipinski definition) is 6. The van der Waals surface area contributed by atoms with Crippen LogP contribution in [0, 0.1) is 5.92 Å². The lowest BCUT2D eigenvalue weighted by molar-refractivity contribution is -0.125. The lowest BCUT2D eigenvalue weighted by Gasteiger charge is -2.30. The second-order valence-electron chi connectivity index (χ2n) is 8.70. The van der Waals surface area contributed by atoms with Gasteiger partial charge in [0.2, 0.25) is 5.91 Å². The Bertz CT molecular complexity index is 1240. The van der Waals surface area contributed by atoms with Gasteiger partial charge in [0.1, 0.15) is 11.6 Å². The number of anilines is 2. The molecule has 168 valence electrons. The summed E-state index contributed by atoms with van der Waals surface area (Å²) < 4.78 is 5.31. The van der Waals surface area contributed by atoms with Gasteiger partial charge in [-0.15, -0.1) is 0 Å². The van der Waals surface area contributed by atoms with Gasteiger partial charge in [-0.05, 0) is 72.7 Å². The quantitative estimate of drug-likeness (QED) is 0.650. The number of hydrogen-bond donors (Lipinski definition) is 1. The summed E-state index contributed by atoms with van der Waals surface area (Å²) in [5.74, 6) is 1.35. The zero-order chi connectivity index (χ0) is 22.9. The Morgan fingerprint density at radius 2 is 1.97 bits per heavy atom. The van der Waals surface area contributed by atoms with Crippen LogP contribution in [0.4, 0.5) is 11.5 Å². The normalized spacial score (nSPS) is 17.3. The van der Waals surface area contributed by atoms with E-state index in [1.807, 2.05) is 18.2 Å². The van der Waals surface area contributed by atoms with Crippen molar-refractivity contribution in [3.63, 3.8) is 0 Å². The van der Waals surface area contributed by atoms with Gasteiger partial charge in [0.15, 0.2) is 5.78 Å². The van der Waals surface area contributed by atoms with Crippen molar-refractivity contribution in [2.45, 2.75) is 32.1 Å². The molecule has 5 rings (SSSR count). The van der Waals surface area contributed by atoms with Gasteiger partial charge < -0.3 is 10.5 Å². The van der Waals surface area contributed by atoms with Crippen molar-refractivity contribution in [3.8, 4) is 17.0 Å². The van der Waals surface area contributed by atoms with Gasteiger partial charge >= 0.3 is 0 Å². The van der Waals surface area contributed by atoms with E-state index in [4.69, 9.17) is 10.5 Å². The number of pyridine rings is 2. The number of carbonyl (C=O) groups excluding carboxylic acids is 2. The number of fused-ring (bicyclic) bond motifs is 2. The fraction of sp³-hybridized carbons (Fsp3) is 0.308. The molecule has 0 bridgehead atoms. The number of nitrogen functional groups attached to an aromatic ring is 1. The largest absolute Gasteiger partial charge is 0.497 e. The molecule has 0 saturated carbocycles. The number of aryl methyl sites for hydroxylation is 2. The Labute approximate surface area is 192 Å². The molecule has 1 unspecified atom stereocenters. The van der Waals surface area contributed by atoms with Crippen LogP contribution < -0.4 is 15.4 Å². The molecule has 2 N–H and O–H groups in total. The predicted octanol–water partition coefficient (Wildman–Crippen LogP) is 3.39. The first kappa shape index (κ1) is 21.1. The molecule has 1 aliphatic heterocycles. The van der Waals surface area contributed by atoms with Gasteiger partial charge in [-0.2, -0.15) is 0 Å². The minimum atomic E-state index is -0.0974. The minimum absolute atomic E-state index is 0.0564. The molecule has 33 heavy (non-hydrogen) atoms. The molecule has 1 atom stereocenters. The number of Topliss-reactive ketones (excluding diaryl/α,β-unsaturated/α-hetero) is 1. The first-order chi connectivity index (χ1) is 16.0. The Morgan fingerprint density at radius 1 is 1.09 bits per heavy atom.